The van der Waals surface area contributed by atoms with Crippen molar-refractivity contribution in [2.24, 2.45) is 0 Å². The Labute approximate surface area is 187 Å². The quantitative estimate of drug-likeness (QED) is 0.727. The highest BCUT2D eigenvalue weighted by atomic mass is 19.4. The summed E-state index contributed by atoms with van der Waals surface area (Å²) in [5.41, 5.74) is 2.28. The molecule has 2 heterocycles. The minimum Gasteiger partial charge on any atom is -0.379 e. The number of amides is 1. The van der Waals surface area contributed by atoms with Gasteiger partial charge in [-0.25, -0.2) is 0 Å². The van der Waals surface area contributed by atoms with Crippen LogP contribution < -0.4 is 5.32 Å². The summed E-state index contributed by atoms with van der Waals surface area (Å²) in [5.74, 6) is 0.184. The Morgan fingerprint density at radius 3 is 2.34 bits per heavy atom. The molecule has 1 amide bonds. The molecule has 7 heteroatoms. The van der Waals surface area contributed by atoms with Crippen molar-refractivity contribution in [1.29, 1.82) is 0 Å². The number of nitrogens with zero attached hydrogens (tertiary/aromatic N) is 2. The number of likely N-dealkylation sites (N-methyl/N-ethyl adjacent to an activating group) is 1. The number of nitrogens with one attached hydrogen (secondary N) is 1. The Balaban J connectivity index is 1.47. The molecular formula is C25H30F3N3O. The number of para-hydroxylation sites is 1. The summed E-state index contributed by atoms with van der Waals surface area (Å²) in [4.78, 5) is 17.2. The Kier molecular flexibility index (Phi) is 6.47. The first-order valence-corrected chi connectivity index (χ1v) is 11.3. The second-order valence-corrected chi connectivity index (χ2v) is 8.93. The van der Waals surface area contributed by atoms with Crippen LogP contribution in [0.4, 0.5) is 18.9 Å². The van der Waals surface area contributed by atoms with Gasteiger partial charge in [0.2, 0.25) is 5.91 Å². The molecule has 172 valence electrons. The van der Waals surface area contributed by atoms with Crippen molar-refractivity contribution < 1.29 is 18.0 Å². The van der Waals surface area contributed by atoms with Crippen LogP contribution in [0.2, 0.25) is 0 Å². The molecule has 0 saturated carbocycles. The van der Waals surface area contributed by atoms with Gasteiger partial charge in [-0.15, -0.1) is 0 Å². The minimum atomic E-state index is -4.31. The van der Waals surface area contributed by atoms with Crippen LogP contribution >= 0.6 is 0 Å². The van der Waals surface area contributed by atoms with Crippen molar-refractivity contribution in [3.05, 3.63) is 65.2 Å². The van der Waals surface area contributed by atoms with Gasteiger partial charge in [0.25, 0.3) is 0 Å². The summed E-state index contributed by atoms with van der Waals surface area (Å²) < 4.78 is 38.4. The molecule has 0 aromatic heterocycles. The molecule has 1 fully saturated rings. The minimum absolute atomic E-state index is 0.184. The van der Waals surface area contributed by atoms with Crippen LogP contribution in [0.1, 0.15) is 42.9 Å². The van der Waals surface area contributed by atoms with Gasteiger partial charge in [0, 0.05) is 50.4 Å². The van der Waals surface area contributed by atoms with Gasteiger partial charge >= 0.3 is 6.18 Å². The fraction of sp³-hybridized carbons (Fsp3) is 0.480. The van der Waals surface area contributed by atoms with E-state index in [-0.39, 0.29) is 11.4 Å². The molecule has 0 bridgehead atoms. The van der Waals surface area contributed by atoms with E-state index in [2.05, 4.69) is 22.3 Å². The lowest BCUT2D eigenvalue weighted by Crippen LogP contribution is -2.51. The van der Waals surface area contributed by atoms with E-state index >= 15 is 0 Å². The van der Waals surface area contributed by atoms with E-state index in [1.807, 2.05) is 24.0 Å². The highest BCUT2D eigenvalue weighted by Gasteiger charge is 2.38. The van der Waals surface area contributed by atoms with Crippen molar-refractivity contribution in [1.82, 2.24) is 9.80 Å². The number of carbonyl (C=O) groups excluding carboxylic acids is 1. The van der Waals surface area contributed by atoms with Gasteiger partial charge in [0.05, 0.1) is 5.56 Å². The standard InChI is InChI=1S/C25H30F3N3O/c1-2-31-14-11-20-5-3-4-6-22(20)29-24(17-23(31)32)12-15-30(16-13-24)18-19-7-9-21(10-8-19)25(26,27)28/h3-10,29H,2,11-18H2,1H3. The second-order valence-electron chi connectivity index (χ2n) is 8.93. The lowest BCUT2D eigenvalue weighted by Gasteiger charge is -2.43. The van der Waals surface area contributed by atoms with Crippen LogP contribution in [0.15, 0.2) is 48.5 Å². The molecule has 0 atom stereocenters. The summed E-state index contributed by atoms with van der Waals surface area (Å²) in [6.07, 6.45) is -1.40. The lowest BCUT2D eigenvalue weighted by atomic mass is 9.83. The van der Waals surface area contributed by atoms with E-state index in [9.17, 15) is 18.0 Å². The number of anilines is 1. The van der Waals surface area contributed by atoms with E-state index in [1.165, 1.54) is 5.56 Å². The maximum absolute atomic E-state index is 13.0. The van der Waals surface area contributed by atoms with Gasteiger partial charge in [-0.3, -0.25) is 9.69 Å². The fourth-order valence-corrected chi connectivity index (χ4v) is 4.80. The highest BCUT2D eigenvalue weighted by Crippen LogP contribution is 2.34. The van der Waals surface area contributed by atoms with E-state index in [0.717, 1.165) is 62.3 Å². The number of hydrogen-bond donors (Lipinski definition) is 1. The van der Waals surface area contributed by atoms with Crippen molar-refractivity contribution in [3.8, 4) is 0 Å². The zero-order valence-electron chi connectivity index (χ0n) is 18.4. The van der Waals surface area contributed by atoms with E-state index in [0.29, 0.717) is 19.5 Å². The third-order valence-electron chi connectivity index (χ3n) is 6.79. The van der Waals surface area contributed by atoms with Crippen molar-refractivity contribution in [3.63, 3.8) is 0 Å². The Morgan fingerprint density at radius 1 is 1.00 bits per heavy atom. The molecule has 1 N–H and O–H groups in total. The number of halogens is 3. The zero-order valence-corrected chi connectivity index (χ0v) is 18.4. The first-order chi connectivity index (χ1) is 15.3. The maximum atomic E-state index is 13.0. The number of piperidine rings is 1. The van der Waals surface area contributed by atoms with Crippen LogP contribution in [0.5, 0.6) is 0 Å². The van der Waals surface area contributed by atoms with Gasteiger partial charge in [-0.1, -0.05) is 30.3 Å². The first-order valence-electron chi connectivity index (χ1n) is 11.3. The predicted molar refractivity (Wildman–Crippen MR) is 119 cm³/mol. The molecule has 32 heavy (non-hydrogen) atoms. The van der Waals surface area contributed by atoms with Gasteiger partial charge in [0.1, 0.15) is 0 Å². The number of benzene rings is 2. The largest absolute Gasteiger partial charge is 0.416 e. The molecule has 4 nitrogen and oxygen atoms in total. The third-order valence-corrected chi connectivity index (χ3v) is 6.79. The van der Waals surface area contributed by atoms with Gasteiger partial charge in [0.15, 0.2) is 0 Å². The monoisotopic (exact) mass is 445 g/mol. The normalized spacial score (nSPS) is 19.6. The molecule has 0 aliphatic carbocycles. The molecule has 2 aromatic rings. The average Bonchev–Trinajstić information content (AvgIpc) is 2.81. The van der Waals surface area contributed by atoms with E-state index in [1.54, 1.807) is 12.1 Å². The molecule has 0 unspecified atom stereocenters. The van der Waals surface area contributed by atoms with Crippen molar-refractivity contribution in [2.45, 2.75) is 50.9 Å². The Hall–Kier alpha value is -2.54. The van der Waals surface area contributed by atoms with Gasteiger partial charge in [-0.2, -0.15) is 13.2 Å². The van der Waals surface area contributed by atoms with Crippen LogP contribution in [-0.2, 0) is 23.9 Å². The van der Waals surface area contributed by atoms with Crippen LogP contribution in [0.3, 0.4) is 0 Å². The number of fused-ring (bicyclic) bond motifs is 1. The van der Waals surface area contributed by atoms with Crippen LogP contribution in [-0.4, -0.2) is 47.4 Å². The average molecular weight is 446 g/mol. The lowest BCUT2D eigenvalue weighted by molar-refractivity contribution is -0.137. The van der Waals surface area contributed by atoms with E-state index < -0.39 is 11.7 Å². The summed E-state index contributed by atoms with van der Waals surface area (Å²) in [7, 11) is 0. The fourth-order valence-electron chi connectivity index (χ4n) is 4.80. The number of alkyl halides is 3. The molecule has 1 spiro atoms. The molecule has 2 aliphatic heterocycles. The Morgan fingerprint density at radius 2 is 1.69 bits per heavy atom. The molecule has 2 aromatic carbocycles. The first kappa shape index (κ1) is 22.6. The zero-order chi connectivity index (χ0) is 22.8. The summed E-state index contributed by atoms with van der Waals surface area (Å²) in [6, 6.07) is 13.7. The second kappa shape index (κ2) is 9.14. The van der Waals surface area contributed by atoms with Crippen molar-refractivity contribution in [2.75, 3.05) is 31.5 Å². The SMILES string of the molecule is CCN1CCc2ccccc2NC2(CCN(Cc3ccc(C(F)(F)F)cc3)CC2)CC1=O. The summed E-state index contributed by atoms with van der Waals surface area (Å²) in [5, 5.41) is 3.74. The number of carbonyl (C=O) groups is 1. The topological polar surface area (TPSA) is 35.6 Å². The molecule has 0 radical (unpaired) electrons. The van der Waals surface area contributed by atoms with Crippen LogP contribution in [0.25, 0.3) is 0 Å². The van der Waals surface area contributed by atoms with Gasteiger partial charge in [-0.05, 0) is 55.5 Å². The molecule has 1 saturated heterocycles. The predicted octanol–water partition coefficient (Wildman–Crippen LogP) is 4.95. The van der Waals surface area contributed by atoms with Gasteiger partial charge < -0.3 is 10.2 Å². The van der Waals surface area contributed by atoms with Crippen LogP contribution in [0, 0.1) is 0 Å². The molecule has 2 aliphatic rings. The Bertz CT molecular complexity index is 934. The number of rotatable bonds is 3. The maximum Gasteiger partial charge on any atom is 0.416 e. The summed E-state index contributed by atoms with van der Waals surface area (Å²) in [6.45, 7) is 5.64. The summed E-state index contributed by atoms with van der Waals surface area (Å²) >= 11 is 0. The highest BCUT2D eigenvalue weighted by molar-refractivity contribution is 5.78. The molecular weight excluding hydrogens is 415 g/mol. The molecule has 4 rings (SSSR count). The number of likely N-dealkylation sites (tertiary alicyclic amines) is 1. The third kappa shape index (κ3) is 5.09. The smallest absolute Gasteiger partial charge is 0.379 e. The number of hydrogen-bond acceptors (Lipinski definition) is 3. The van der Waals surface area contributed by atoms with Crippen molar-refractivity contribution >= 4 is 11.6 Å². The van der Waals surface area contributed by atoms with E-state index in [4.69, 9.17) is 0 Å².